The van der Waals surface area contributed by atoms with E-state index in [0.29, 0.717) is 18.5 Å². The van der Waals surface area contributed by atoms with Gasteiger partial charge in [0.15, 0.2) is 5.96 Å². The van der Waals surface area contributed by atoms with E-state index in [0.717, 1.165) is 12.0 Å². The lowest BCUT2D eigenvalue weighted by Crippen LogP contribution is -2.41. The van der Waals surface area contributed by atoms with Crippen molar-refractivity contribution in [1.82, 2.24) is 10.6 Å². The predicted octanol–water partition coefficient (Wildman–Crippen LogP) is 1.42. The third-order valence-electron chi connectivity index (χ3n) is 2.91. The minimum absolute atomic E-state index is 0. The van der Waals surface area contributed by atoms with E-state index in [-0.39, 0.29) is 28.9 Å². The Balaban J connectivity index is 0.00000400. The van der Waals surface area contributed by atoms with Crippen molar-refractivity contribution < 1.29 is 8.42 Å². The molecule has 4 N–H and O–H groups in total. The lowest BCUT2D eigenvalue weighted by atomic mass is 10.2. The summed E-state index contributed by atoms with van der Waals surface area (Å²) in [7, 11) is -1.97. The number of benzene rings is 1. The SMILES string of the molecule is CCC(C)NC(=NC)NCc1cccc(S(N)(=O)=O)c1.I. The van der Waals surface area contributed by atoms with Gasteiger partial charge in [-0.3, -0.25) is 4.99 Å². The van der Waals surface area contributed by atoms with Crippen LogP contribution in [0.2, 0.25) is 0 Å². The maximum Gasteiger partial charge on any atom is 0.238 e. The van der Waals surface area contributed by atoms with Crippen molar-refractivity contribution in [3.05, 3.63) is 29.8 Å². The van der Waals surface area contributed by atoms with Gasteiger partial charge in [0, 0.05) is 19.6 Å². The molecule has 0 aromatic heterocycles. The highest BCUT2D eigenvalue weighted by molar-refractivity contribution is 14.0. The van der Waals surface area contributed by atoms with Crippen LogP contribution in [0.5, 0.6) is 0 Å². The molecule has 1 aromatic rings. The zero-order chi connectivity index (χ0) is 15.2. The van der Waals surface area contributed by atoms with Crippen LogP contribution in [0, 0.1) is 0 Å². The summed E-state index contributed by atoms with van der Waals surface area (Å²) in [6, 6.07) is 6.85. The average Bonchev–Trinajstić information content (AvgIpc) is 2.42. The Hall–Kier alpha value is -0.870. The third kappa shape index (κ3) is 7.09. The van der Waals surface area contributed by atoms with Gasteiger partial charge in [0.2, 0.25) is 10.0 Å². The van der Waals surface area contributed by atoms with Gasteiger partial charge in [0.25, 0.3) is 0 Å². The van der Waals surface area contributed by atoms with Crippen molar-refractivity contribution in [2.24, 2.45) is 10.1 Å². The maximum absolute atomic E-state index is 11.3. The zero-order valence-corrected chi connectivity index (χ0v) is 15.6. The van der Waals surface area contributed by atoms with Crippen molar-refractivity contribution >= 4 is 40.0 Å². The number of nitrogens with zero attached hydrogens (tertiary/aromatic N) is 1. The van der Waals surface area contributed by atoms with E-state index >= 15 is 0 Å². The lowest BCUT2D eigenvalue weighted by Gasteiger charge is -2.16. The van der Waals surface area contributed by atoms with Crippen molar-refractivity contribution in [3.8, 4) is 0 Å². The molecule has 0 fully saturated rings. The fraction of sp³-hybridized carbons (Fsp3) is 0.462. The Morgan fingerprint density at radius 2 is 2.10 bits per heavy atom. The summed E-state index contributed by atoms with van der Waals surface area (Å²) >= 11 is 0. The first-order valence-corrected chi connectivity index (χ1v) is 8.00. The van der Waals surface area contributed by atoms with E-state index in [4.69, 9.17) is 5.14 Å². The number of hydrogen-bond acceptors (Lipinski definition) is 3. The van der Waals surface area contributed by atoms with Crippen LogP contribution in [0.1, 0.15) is 25.8 Å². The Bertz CT molecular complexity index is 575. The number of halogens is 1. The summed E-state index contributed by atoms with van der Waals surface area (Å²) in [4.78, 5) is 4.23. The lowest BCUT2D eigenvalue weighted by molar-refractivity contribution is 0.597. The second kappa shape index (κ2) is 9.21. The molecule has 21 heavy (non-hydrogen) atoms. The van der Waals surface area contributed by atoms with Crippen LogP contribution >= 0.6 is 24.0 Å². The fourth-order valence-corrected chi connectivity index (χ4v) is 2.13. The first kappa shape index (κ1) is 20.1. The van der Waals surface area contributed by atoms with Gasteiger partial charge < -0.3 is 10.6 Å². The van der Waals surface area contributed by atoms with Crippen molar-refractivity contribution in [1.29, 1.82) is 0 Å². The highest BCUT2D eigenvalue weighted by Gasteiger charge is 2.08. The Morgan fingerprint density at radius 1 is 1.43 bits per heavy atom. The first-order valence-electron chi connectivity index (χ1n) is 6.45. The third-order valence-corrected chi connectivity index (χ3v) is 3.82. The number of primary sulfonamides is 1. The molecule has 0 radical (unpaired) electrons. The van der Waals surface area contributed by atoms with Crippen molar-refractivity contribution in [2.75, 3.05) is 7.05 Å². The molecule has 0 aliphatic rings. The Morgan fingerprint density at radius 3 is 2.62 bits per heavy atom. The van der Waals surface area contributed by atoms with Crippen molar-refractivity contribution in [3.63, 3.8) is 0 Å². The van der Waals surface area contributed by atoms with Crippen molar-refractivity contribution in [2.45, 2.75) is 37.8 Å². The molecule has 0 saturated heterocycles. The number of sulfonamides is 1. The van der Waals surface area contributed by atoms with Crippen LogP contribution in [0.15, 0.2) is 34.2 Å². The first-order chi connectivity index (χ1) is 9.36. The number of guanidine groups is 1. The molecule has 0 heterocycles. The topological polar surface area (TPSA) is 96.6 Å². The van der Waals surface area contributed by atoms with E-state index in [1.807, 2.05) is 6.07 Å². The molecule has 120 valence electrons. The summed E-state index contributed by atoms with van der Waals surface area (Å²) in [5.41, 5.74) is 0.823. The van der Waals surface area contributed by atoms with Gasteiger partial charge in [-0.1, -0.05) is 19.1 Å². The molecule has 1 aromatic carbocycles. The summed E-state index contributed by atoms with van der Waals surface area (Å²) in [6.45, 7) is 4.62. The molecule has 0 bridgehead atoms. The second-order valence-electron chi connectivity index (χ2n) is 4.57. The van der Waals surface area contributed by atoms with Gasteiger partial charge >= 0.3 is 0 Å². The smallest absolute Gasteiger partial charge is 0.238 e. The molecular formula is C13H23IN4O2S. The van der Waals surface area contributed by atoms with E-state index in [2.05, 4.69) is 29.5 Å². The largest absolute Gasteiger partial charge is 0.354 e. The van der Waals surface area contributed by atoms with Gasteiger partial charge in [-0.15, -0.1) is 24.0 Å². The average molecular weight is 426 g/mol. The highest BCUT2D eigenvalue weighted by atomic mass is 127. The molecule has 1 unspecified atom stereocenters. The van der Waals surface area contributed by atoms with Crippen LogP contribution in [0.25, 0.3) is 0 Å². The maximum atomic E-state index is 11.3. The van der Waals surface area contributed by atoms with E-state index < -0.39 is 10.0 Å². The summed E-state index contributed by atoms with van der Waals surface area (Å²) in [6.07, 6.45) is 0.988. The van der Waals surface area contributed by atoms with Crippen LogP contribution < -0.4 is 15.8 Å². The van der Waals surface area contributed by atoms with E-state index in [1.54, 1.807) is 19.2 Å². The Kier molecular flexibility index (Phi) is 8.83. The number of hydrogen-bond donors (Lipinski definition) is 3. The molecule has 0 saturated carbocycles. The molecule has 8 heteroatoms. The van der Waals surface area contributed by atoms with E-state index in [1.165, 1.54) is 6.07 Å². The summed E-state index contributed by atoms with van der Waals surface area (Å²) in [5.74, 6) is 0.681. The fourth-order valence-electron chi connectivity index (χ4n) is 1.55. The monoisotopic (exact) mass is 426 g/mol. The highest BCUT2D eigenvalue weighted by Crippen LogP contribution is 2.09. The van der Waals surface area contributed by atoms with E-state index in [9.17, 15) is 8.42 Å². The molecule has 6 nitrogen and oxygen atoms in total. The number of nitrogens with one attached hydrogen (secondary N) is 2. The van der Waals surface area contributed by atoms with Crippen LogP contribution in [-0.4, -0.2) is 27.5 Å². The molecule has 0 amide bonds. The van der Waals surface area contributed by atoms with Crippen LogP contribution in [-0.2, 0) is 16.6 Å². The predicted molar refractivity (Wildman–Crippen MR) is 96.3 cm³/mol. The molecule has 0 spiro atoms. The van der Waals surface area contributed by atoms with Crippen LogP contribution in [0.3, 0.4) is 0 Å². The van der Waals surface area contributed by atoms with Crippen LogP contribution in [0.4, 0.5) is 0 Å². The Labute approximate surface area is 143 Å². The minimum atomic E-state index is -3.67. The molecule has 1 atom stereocenters. The minimum Gasteiger partial charge on any atom is -0.354 e. The zero-order valence-electron chi connectivity index (χ0n) is 12.5. The molecule has 0 aliphatic carbocycles. The molecule has 0 aliphatic heterocycles. The number of aliphatic imine (C=N–C) groups is 1. The normalized spacial score (nSPS) is 13.2. The van der Waals surface area contributed by atoms with Gasteiger partial charge in [-0.2, -0.15) is 0 Å². The molecular weight excluding hydrogens is 403 g/mol. The van der Waals surface area contributed by atoms with Gasteiger partial charge in [-0.25, -0.2) is 13.6 Å². The van der Waals surface area contributed by atoms with Gasteiger partial charge in [0.05, 0.1) is 4.90 Å². The molecule has 1 rings (SSSR count). The number of rotatable bonds is 5. The van der Waals surface area contributed by atoms with Gasteiger partial charge in [0.1, 0.15) is 0 Å². The number of nitrogens with two attached hydrogens (primary N) is 1. The standard InChI is InChI=1S/C13H22N4O2S.HI/c1-4-10(2)17-13(15-3)16-9-11-6-5-7-12(8-11)20(14,18)19;/h5-8,10H,4,9H2,1-3H3,(H2,14,18,19)(H2,15,16,17);1H. The second-order valence-corrected chi connectivity index (χ2v) is 6.13. The quantitative estimate of drug-likeness (QED) is 0.377. The summed E-state index contributed by atoms with van der Waals surface area (Å²) in [5, 5.41) is 11.5. The van der Waals surface area contributed by atoms with Gasteiger partial charge in [-0.05, 0) is 31.0 Å². The summed E-state index contributed by atoms with van der Waals surface area (Å²) < 4.78 is 22.6.